The van der Waals surface area contributed by atoms with E-state index in [4.69, 9.17) is 4.74 Å². The lowest BCUT2D eigenvalue weighted by atomic mass is 10.2. The number of halogens is 1. The molecule has 1 N–H and O–H groups in total. The van der Waals surface area contributed by atoms with Crippen molar-refractivity contribution in [3.05, 3.63) is 53.6 Å². The van der Waals surface area contributed by atoms with E-state index in [-0.39, 0.29) is 5.82 Å². The number of pyridine rings is 1. The highest BCUT2D eigenvalue weighted by Crippen LogP contribution is 2.25. The Morgan fingerprint density at radius 2 is 2.00 bits per heavy atom. The van der Waals surface area contributed by atoms with Crippen LogP contribution >= 0.6 is 0 Å². The molecule has 0 atom stereocenters. The van der Waals surface area contributed by atoms with Gasteiger partial charge in [-0.15, -0.1) is 0 Å². The smallest absolute Gasteiger partial charge is 0.135 e. The predicted octanol–water partition coefficient (Wildman–Crippen LogP) is 3.04. The molecular formula is C14H15FN2O. The molecule has 1 aromatic heterocycles. The third kappa shape index (κ3) is 3.05. The van der Waals surface area contributed by atoms with Crippen LogP contribution in [0.15, 0.2) is 36.5 Å². The quantitative estimate of drug-likeness (QED) is 0.900. The van der Waals surface area contributed by atoms with Gasteiger partial charge in [0.1, 0.15) is 17.3 Å². The fourth-order valence-corrected chi connectivity index (χ4v) is 1.61. The Morgan fingerprint density at radius 3 is 2.67 bits per heavy atom. The van der Waals surface area contributed by atoms with Crippen LogP contribution in [0.3, 0.4) is 0 Å². The Hall–Kier alpha value is -1.94. The molecule has 0 amide bonds. The predicted molar refractivity (Wildman–Crippen MR) is 68.2 cm³/mol. The normalized spacial score (nSPS) is 10.4. The second-order valence-electron chi connectivity index (χ2n) is 4.02. The van der Waals surface area contributed by atoms with Crippen LogP contribution in [0.5, 0.6) is 11.5 Å². The zero-order valence-corrected chi connectivity index (χ0v) is 10.4. The SMILES string of the molecule is CNCc1cnc(C)cc1Oc1ccc(F)cc1. The average molecular weight is 246 g/mol. The molecule has 0 fully saturated rings. The van der Waals surface area contributed by atoms with Crippen LogP contribution in [0.2, 0.25) is 0 Å². The summed E-state index contributed by atoms with van der Waals surface area (Å²) in [6.45, 7) is 2.57. The summed E-state index contributed by atoms with van der Waals surface area (Å²) in [6.07, 6.45) is 1.78. The molecule has 0 aliphatic heterocycles. The Balaban J connectivity index is 2.26. The highest BCUT2D eigenvalue weighted by Gasteiger charge is 2.06. The Morgan fingerprint density at radius 1 is 1.28 bits per heavy atom. The molecule has 18 heavy (non-hydrogen) atoms. The standard InChI is InChI=1S/C14H15FN2O/c1-10-7-14(11(8-16-2)9-17-10)18-13-5-3-12(15)4-6-13/h3-7,9,16H,8H2,1-2H3. The number of nitrogens with zero attached hydrogens (tertiary/aromatic N) is 1. The van der Waals surface area contributed by atoms with E-state index in [1.54, 1.807) is 18.3 Å². The van der Waals surface area contributed by atoms with E-state index in [9.17, 15) is 4.39 Å². The van der Waals surface area contributed by atoms with Crippen molar-refractivity contribution in [2.75, 3.05) is 7.05 Å². The zero-order chi connectivity index (χ0) is 13.0. The van der Waals surface area contributed by atoms with Crippen molar-refractivity contribution in [2.45, 2.75) is 13.5 Å². The van der Waals surface area contributed by atoms with Crippen molar-refractivity contribution in [3.8, 4) is 11.5 Å². The second kappa shape index (κ2) is 5.60. The van der Waals surface area contributed by atoms with Crippen molar-refractivity contribution in [3.63, 3.8) is 0 Å². The first-order valence-electron chi connectivity index (χ1n) is 5.72. The summed E-state index contributed by atoms with van der Waals surface area (Å²) in [5.74, 6) is 1.08. The number of aromatic nitrogens is 1. The van der Waals surface area contributed by atoms with Gasteiger partial charge in [-0.05, 0) is 38.2 Å². The first kappa shape index (κ1) is 12.5. The first-order valence-corrected chi connectivity index (χ1v) is 5.72. The van der Waals surface area contributed by atoms with E-state index < -0.39 is 0 Å². The van der Waals surface area contributed by atoms with Gasteiger partial charge in [-0.3, -0.25) is 4.98 Å². The van der Waals surface area contributed by atoms with Crippen LogP contribution < -0.4 is 10.1 Å². The third-order valence-electron chi connectivity index (χ3n) is 2.49. The molecule has 0 saturated carbocycles. The summed E-state index contributed by atoms with van der Waals surface area (Å²) >= 11 is 0. The van der Waals surface area contributed by atoms with Gasteiger partial charge in [0.25, 0.3) is 0 Å². The maximum atomic E-state index is 12.8. The van der Waals surface area contributed by atoms with E-state index in [1.165, 1.54) is 12.1 Å². The van der Waals surface area contributed by atoms with Gasteiger partial charge in [-0.25, -0.2) is 4.39 Å². The zero-order valence-electron chi connectivity index (χ0n) is 10.4. The monoisotopic (exact) mass is 246 g/mol. The van der Waals surface area contributed by atoms with E-state index in [2.05, 4.69) is 10.3 Å². The third-order valence-corrected chi connectivity index (χ3v) is 2.49. The molecule has 0 bridgehead atoms. The van der Waals surface area contributed by atoms with E-state index >= 15 is 0 Å². The molecule has 0 unspecified atom stereocenters. The van der Waals surface area contributed by atoms with Crippen molar-refractivity contribution in [2.24, 2.45) is 0 Å². The van der Waals surface area contributed by atoms with Crippen LogP contribution in [-0.4, -0.2) is 12.0 Å². The molecule has 0 aliphatic rings. The van der Waals surface area contributed by atoms with Gasteiger partial charge in [-0.1, -0.05) is 0 Å². The van der Waals surface area contributed by atoms with Crippen molar-refractivity contribution in [1.29, 1.82) is 0 Å². The van der Waals surface area contributed by atoms with Crippen LogP contribution in [0.25, 0.3) is 0 Å². The van der Waals surface area contributed by atoms with Crippen molar-refractivity contribution in [1.82, 2.24) is 10.3 Å². The fraction of sp³-hybridized carbons (Fsp3) is 0.214. The number of rotatable bonds is 4. The van der Waals surface area contributed by atoms with Crippen LogP contribution in [0.1, 0.15) is 11.3 Å². The van der Waals surface area contributed by atoms with Gasteiger partial charge < -0.3 is 10.1 Å². The minimum Gasteiger partial charge on any atom is -0.457 e. The lowest BCUT2D eigenvalue weighted by molar-refractivity contribution is 0.471. The highest BCUT2D eigenvalue weighted by atomic mass is 19.1. The Kier molecular flexibility index (Phi) is 3.89. The number of nitrogens with one attached hydrogen (secondary N) is 1. The molecule has 4 heteroatoms. The fourth-order valence-electron chi connectivity index (χ4n) is 1.61. The van der Waals surface area contributed by atoms with Gasteiger partial charge in [-0.2, -0.15) is 0 Å². The summed E-state index contributed by atoms with van der Waals surface area (Å²) in [7, 11) is 1.86. The minimum absolute atomic E-state index is 0.274. The summed E-state index contributed by atoms with van der Waals surface area (Å²) in [4.78, 5) is 4.23. The summed E-state index contributed by atoms with van der Waals surface area (Å²) < 4.78 is 18.6. The van der Waals surface area contributed by atoms with E-state index in [1.807, 2.05) is 20.0 Å². The molecule has 1 aromatic carbocycles. The van der Waals surface area contributed by atoms with E-state index in [0.717, 1.165) is 17.0 Å². The molecule has 94 valence electrons. The van der Waals surface area contributed by atoms with Crippen LogP contribution in [-0.2, 0) is 6.54 Å². The maximum Gasteiger partial charge on any atom is 0.135 e. The molecule has 2 aromatic rings. The number of aryl methyl sites for hydroxylation is 1. The maximum absolute atomic E-state index is 12.8. The minimum atomic E-state index is -0.274. The van der Waals surface area contributed by atoms with Gasteiger partial charge in [0.05, 0.1) is 0 Å². The number of hydrogen-bond acceptors (Lipinski definition) is 3. The first-order chi connectivity index (χ1) is 8.69. The van der Waals surface area contributed by atoms with Crippen molar-refractivity contribution < 1.29 is 9.13 Å². The highest BCUT2D eigenvalue weighted by molar-refractivity contribution is 5.37. The van der Waals surface area contributed by atoms with Gasteiger partial charge in [0.15, 0.2) is 0 Å². The molecule has 0 spiro atoms. The molecule has 0 aliphatic carbocycles. The van der Waals surface area contributed by atoms with Gasteiger partial charge in [0.2, 0.25) is 0 Å². The lowest BCUT2D eigenvalue weighted by Gasteiger charge is -2.11. The summed E-state index contributed by atoms with van der Waals surface area (Å²) in [5, 5.41) is 3.06. The Bertz CT molecular complexity index is 526. The van der Waals surface area contributed by atoms with Crippen LogP contribution in [0, 0.1) is 12.7 Å². The Labute approximate surface area is 106 Å². The lowest BCUT2D eigenvalue weighted by Crippen LogP contribution is -2.07. The topological polar surface area (TPSA) is 34.2 Å². The molecule has 0 radical (unpaired) electrons. The number of ether oxygens (including phenoxy) is 1. The van der Waals surface area contributed by atoms with Gasteiger partial charge >= 0.3 is 0 Å². The number of benzene rings is 1. The summed E-state index contributed by atoms with van der Waals surface area (Å²) in [5.41, 5.74) is 1.85. The van der Waals surface area contributed by atoms with Gasteiger partial charge in [0, 0.05) is 30.1 Å². The van der Waals surface area contributed by atoms with Crippen molar-refractivity contribution >= 4 is 0 Å². The molecule has 1 heterocycles. The molecule has 3 nitrogen and oxygen atoms in total. The average Bonchev–Trinajstić information content (AvgIpc) is 2.36. The second-order valence-corrected chi connectivity index (χ2v) is 4.02. The molecular weight excluding hydrogens is 231 g/mol. The van der Waals surface area contributed by atoms with Crippen LogP contribution in [0.4, 0.5) is 4.39 Å². The molecule has 2 rings (SSSR count). The summed E-state index contributed by atoms with van der Waals surface area (Å²) in [6, 6.07) is 7.83. The number of hydrogen-bond donors (Lipinski definition) is 1. The van der Waals surface area contributed by atoms with E-state index in [0.29, 0.717) is 12.3 Å². The molecule has 0 saturated heterocycles. The largest absolute Gasteiger partial charge is 0.457 e.